The maximum Gasteiger partial charge on any atom is 0.126 e. The Morgan fingerprint density at radius 2 is 1.31 bits per heavy atom. The second kappa shape index (κ2) is 35.0. The van der Waals surface area contributed by atoms with Crippen molar-refractivity contribution in [1.82, 2.24) is 0 Å². The Morgan fingerprint density at radius 3 is 1.50 bits per heavy atom. The summed E-state index contributed by atoms with van der Waals surface area (Å²) < 4.78 is 12.8. The number of benzene rings is 1. The fourth-order valence-electron chi connectivity index (χ4n) is 1.33. The molecule has 0 bridgehead atoms. The van der Waals surface area contributed by atoms with Crippen LogP contribution >= 0.6 is 0 Å². The number of aldehydes is 1. The van der Waals surface area contributed by atoms with E-state index in [4.69, 9.17) is 0 Å². The summed E-state index contributed by atoms with van der Waals surface area (Å²) in [5.74, 6) is 0.114. The monoisotopic (exact) mass is 372 g/mol. The fourth-order valence-corrected chi connectivity index (χ4v) is 1.33. The molecule has 158 valence electrons. The molecule has 0 heterocycles. The lowest BCUT2D eigenvalue weighted by Gasteiger charge is -1.99. The maximum absolute atomic E-state index is 12.8. The van der Waals surface area contributed by atoms with E-state index in [9.17, 15) is 9.18 Å². The van der Waals surface area contributed by atoms with Crippen LogP contribution in [0.1, 0.15) is 107 Å². The number of carbonyl (C=O) groups excluding carboxylic acids is 1. The SMILES string of the molecule is CC.CC.CC.CC(C)C=O.CCCCC.CCc1cc(C)ccc1F. The zero-order valence-corrected chi connectivity index (χ0v) is 20.0. The molecule has 0 unspecified atom stereocenters. The van der Waals surface area contributed by atoms with Gasteiger partial charge in [0.1, 0.15) is 12.1 Å². The van der Waals surface area contributed by atoms with Crippen molar-refractivity contribution in [1.29, 1.82) is 0 Å². The van der Waals surface area contributed by atoms with E-state index in [2.05, 4.69) is 13.8 Å². The van der Waals surface area contributed by atoms with Crippen LogP contribution in [0, 0.1) is 18.7 Å². The van der Waals surface area contributed by atoms with Crippen molar-refractivity contribution in [3.05, 3.63) is 35.1 Å². The number of hydrogen-bond donors (Lipinski definition) is 0. The zero-order chi connectivity index (χ0) is 22.0. The van der Waals surface area contributed by atoms with Crippen molar-refractivity contribution >= 4 is 6.29 Å². The van der Waals surface area contributed by atoms with E-state index in [1.807, 2.05) is 75.3 Å². The smallest absolute Gasteiger partial charge is 0.126 e. The summed E-state index contributed by atoms with van der Waals surface area (Å²) in [7, 11) is 0. The topological polar surface area (TPSA) is 17.1 Å². The lowest BCUT2D eigenvalue weighted by molar-refractivity contribution is -0.110. The van der Waals surface area contributed by atoms with Crippen LogP contribution < -0.4 is 0 Å². The third-order valence-corrected chi connectivity index (χ3v) is 2.56. The van der Waals surface area contributed by atoms with Crippen molar-refractivity contribution in [3.63, 3.8) is 0 Å². The van der Waals surface area contributed by atoms with Crippen molar-refractivity contribution < 1.29 is 9.18 Å². The summed E-state index contributed by atoms with van der Waals surface area (Å²) in [6, 6.07) is 5.19. The van der Waals surface area contributed by atoms with Crippen LogP contribution in [0.2, 0.25) is 0 Å². The molecule has 0 radical (unpaired) electrons. The lowest BCUT2D eigenvalue weighted by atomic mass is 10.1. The minimum absolute atomic E-state index is 0.0897. The first-order valence-electron chi connectivity index (χ1n) is 10.6. The van der Waals surface area contributed by atoms with Crippen molar-refractivity contribution in [2.75, 3.05) is 0 Å². The van der Waals surface area contributed by atoms with E-state index >= 15 is 0 Å². The van der Waals surface area contributed by atoms with Crippen LogP contribution in [0.25, 0.3) is 0 Å². The van der Waals surface area contributed by atoms with Gasteiger partial charge >= 0.3 is 0 Å². The number of aryl methyl sites for hydroxylation is 2. The van der Waals surface area contributed by atoms with Crippen LogP contribution in [0.4, 0.5) is 4.39 Å². The molecular formula is C24H49FO. The highest BCUT2D eigenvalue weighted by molar-refractivity contribution is 5.51. The van der Waals surface area contributed by atoms with Crippen molar-refractivity contribution in [2.45, 2.75) is 109 Å². The Balaban J connectivity index is -0.0000000792. The molecule has 0 aliphatic heterocycles. The van der Waals surface area contributed by atoms with E-state index < -0.39 is 0 Å². The zero-order valence-electron chi connectivity index (χ0n) is 20.0. The molecule has 0 saturated heterocycles. The molecule has 0 fully saturated rings. The summed E-state index contributed by atoms with van der Waals surface area (Å²) in [6.45, 7) is 24.1. The normalized spacial score (nSPS) is 7.77. The first-order chi connectivity index (χ1) is 12.4. The Kier molecular flexibility index (Phi) is 48.3. The van der Waals surface area contributed by atoms with Gasteiger partial charge in [0.05, 0.1) is 0 Å². The molecule has 1 aromatic rings. The number of hydrogen-bond acceptors (Lipinski definition) is 1. The van der Waals surface area contributed by atoms with Gasteiger partial charge in [0, 0.05) is 5.92 Å². The van der Waals surface area contributed by atoms with Crippen LogP contribution in [0.15, 0.2) is 18.2 Å². The van der Waals surface area contributed by atoms with E-state index in [1.54, 1.807) is 6.07 Å². The summed E-state index contributed by atoms with van der Waals surface area (Å²) in [5, 5.41) is 0. The minimum atomic E-state index is -0.0897. The summed E-state index contributed by atoms with van der Waals surface area (Å²) in [5.41, 5.74) is 1.93. The van der Waals surface area contributed by atoms with E-state index in [1.165, 1.54) is 25.3 Å². The Hall–Kier alpha value is -1.18. The standard InChI is InChI=1S/C9H11F.C5H12.C4H8O.3C2H6/c1-3-8-6-7(2)4-5-9(8)10;1-3-5-4-2;1-4(2)3-5;3*1-2/h4-6H,3H2,1-2H3;3-5H2,1-2H3;3-4H,1-2H3;3*1-2H3. The second-order valence-corrected chi connectivity index (χ2v) is 5.18. The molecule has 1 aromatic carbocycles. The Labute approximate surface area is 165 Å². The molecule has 2 heteroatoms. The van der Waals surface area contributed by atoms with Gasteiger partial charge in [-0.05, 0) is 25.0 Å². The molecule has 0 aliphatic rings. The molecule has 0 amide bonds. The molecule has 1 nitrogen and oxygen atoms in total. The number of carbonyl (C=O) groups is 1. The van der Waals surface area contributed by atoms with Gasteiger partial charge in [-0.25, -0.2) is 4.39 Å². The minimum Gasteiger partial charge on any atom is -0.303 e. The van der Waals surface area contributed by atoms with E-state index in [0.717, 1.165) is 23.8 Å². The molecule has 0 saturated carbocycles. The number of unbranched alkanes of at least 4 members (excludes halogenated alkanes) is 2. The average Bonchev–Trinajstić information content (AvgIpc) is 2.70. The third kappa shape index (κ3) is 34.2. The van der Waals surface area contributed by atoms with Crippen LogP contribution in [0.5, 0.6) is 0 Å². The Morgan fingerprint density at radius 1 is 0.923 bits per heavy atom. The average molecular weight is 373 g/mol. The number of halogens is 1. The molecule has 0 spiro atoms. The van der Waals surface area contributed by atoms with Crippen molar-refractivity contribution in [3.8, 4) is 0 Å². The van der Waals surface area contributed by atoms with Gasteiger partial charge in [-0.3, -0.25) is 0 Å². The lowest BCUT2D eigenvalue weighted by Crippen LogP contribution is -1.87. The summed E-state index contributed by atoms with van der Waals surface area (Å²) >= 11 is 0. The van der Waals surface area contributed by atoms with Gasteiger partial charge in [0.25, 0.3) is 0 Å². The number of rotatable bonds is 4. The van der Waals surface area contributed by atoms with Crippen LogP contribution in [-0.2, 0) is 11.2 Å². The second-order valence-electron chi connectivity index (χ2n) is 5.18. The molecule has 0 aromatic heterocycles. The van der Waals surface area contributed by atoms with Crippen LogP contribution in [0.3, 0.4) is 0 Å². The van der Waals surface area contributed by atoms with E-state index in [0.29, 0.717) is 0 Å². The summed E-state index contributed by atoms with van der Waals surface area (Å²) in [6.07, 6.45) is 5.76. The fraction of sp³-hybridized carbons (Fsp3) is 0.708. The van der Waals surface area contributed by atoms with Crippen LogP contribution in [-0.4, -0.2) is 6.29 Å². The molecule has 26 heavy (non-hydrogen) atoms. The highest BCUT2D eigenvalue weighted by Gasteiger charge is 1.97. The quantitative estimate of drug-likeness (QED) is 0.482. The van der Waals surface area contributed by atoms with Gasteiger partial charge in [0.2, 0.25) is 0 Å². The van der Waals surface area contributed by atoms with Gasteiger partial charge in [-0.2, -0.15) is 0 Å². The first kappa shape index (κ1) is 35.8. The largest absolute Gasteiger partial charge is 0.303 e. The van der Waals surface area contributed by atoms with Gasteiger partial charge < -0.3 is 4.79 Å². The molecule has 0 aliphatic carbocycles. The first-order valence-corrected chi connectivity index (χ1v) is 10.6. The Bertz CT molecular complexity index is 344. The van der Waals surface area contributed by atoms with Gasteiger partial charge in [-0.15, -0.1) is 0 Å². The predicted molar refractivity (Wildman–Crippen MR) is 121 cm³/mol. The molecule has 0 atom stereocenters. The van der Waals surface area contributed by atoms with Crippen molar-refractivity contribution in [2.24, 2.45) is 5.92 Å². The van der Waals surface area contributed by atoms with Gasteiger partial charge in [0.15, 0.2) is 0 Å². The van der Waals surface area contributed by atoms with Gasteiger partial charge in [-0.1, -0.05) is 113 Å². The van der Waals surface area contributed by atoms with E-state index in [-0.39, 0.29) is 11.7 Å². The predicted octanol–water partition coefficient (Wildman–Crippen LogP) is 8.81. The summed E-state index contributed by atoms with van der Waals surface area (Å²) in [4.78, 5) is 9.50. The molecular weight excluding hydrogens is 323 g/mol. The molecule has 1 rings (SSSR count). The highest BCUT2D eigenvalue weighted by atomic mass is 19.1. The third-order valence-electron chi connectivity index (χ3n) is 2.56. The highest BCUT2D eigenvalue weighted by Crippen LogP contribution is 2.09. The molecule has 0 N–H and O–H groups in total. The maximum atomic E-state index is 12.8.